The van der Waals surface area contributed by atoms with Crippen LogP contribution in [0, 0.1) is 13.8 Å². The Hall–Kier alpha value is -1.95. The molecule has 0 fully saturated rings. The second-order valence-electron chi connectivity index (χ2n) is 4.55. The smallest absolute Gasteiger partial charge is 0.253 e. The summed E-state index contributed by atoms with van der Waals surface area (Å²) in [6.45, 7) is 5.91. The van der Waals surface area contributed by atoms with Gasteiger partial charge in [0.05, 0.1) is 34.2 Å². The molecule has 20 heavy (non-hydrogen) atoms. The summed E-state index contributed by atoms with van der Waals surface area (Å²) in [6, 6.07) is 1.64. The molecule has 2 aromatic heterocycles. The molecule has 0 bridgehead atoms. The molecule has 1 atom stereocenters. The third kappa shape index (κ3) is 2.96. The number of nitrogens with one attached hydrogen (secondary N) is 2. The van der Waals surface area contributed by atoms with E-state index < -0.39 is 0 Å². The van der Waals surface area contributed by atoms with E-state index in [-0.39, 0.29) is 11.9 Å². The van der Waals surface area contributed by atoms with E-state index in [9.17, 15) is 4.79 Å². The number of anilines is 1. The van der Waals surface area contributed by atoms with Crippen molar-refractivity contribution >= 4 is 22.9 Å². The van der Waals surface area contributed by atoms with E-state index >= 15 is 0 Å². The van der Waals surface area contributed by atoms with E-state index in [1.807, 2.05) is 20.8 Å². The average Bonchev–Trinajstić information content (AvgIpc) is 2.77. The molecule has 0 saturated carbocycles. The molecule has 2 rings (SSSR count). The molecule has 5 nitrogen and oxygen atoms in total. The van der Waals surface area contributed by atoms with E-state index in [4.69, 9.17) is 0 Å². The summed E-state index contributed by atoms with van der Waals surface area (Å²) < 4.78 is 0. The number of aryl methyl sites for hydroxylation is 2. The fourth-order valence-electron chi connectivity index (χ4n) is 2.08. The van der Waals surface area contributed by atoms with Crippen LogP contribution in [0.2, 0.25) is 0 Å². The Bertz CT molecular complexity index is 623. The zero-order valence-electron chi connectivity index (χ0n) is 12.0. The highest BCUT2D eigenvalue weighted by atomic mass is 32.1. The molecule has 0 aliphatic heterocycles. The molecule has 106 valence electrons. The van der Waals surface area contributed by atoms with E-state index in [0.29, 0.717) is 5.56 Å². The highest BCUT2D eigenvalue weighted by Gasteiger charge is 2.17. The zero-order valence-corrected chi connectivity index (χ0v) is 12.8. The Balaban J connectivity index is 2.17. The normalized spacial score (nSPS) is 12.0. The van der Waals surface area contributed by atoms with E-state index in [0.717, 1.165) is 21.3 Å². The fraction of sp³-hybridized carbons (Fsp3) is 0.357. The highest BCUT2D eigenvalue weighted by Crippen LogP contribution is 2.25. The number of pyridine rings is 1. The van der Waals surface area contributed by atoms with Crippen molar-refractivity contribution in [3.05, 3.63) is 39.6 Å². The predicted molar refractivity (Wildman–Crippen MR) is 81.3 cm³/mol. The van der Waals surface area contributed by atoms with Crippen LogP contribution in [0.5, 0.6) is 0 Å². The maximum Gasteiger partial charge on any atom is 0.253 e. The van der Waals surface area contributed by atoms with Gasteiger partial charge in [0.1, 0.15) is 0 Å². The van der Waals surface area contributed by atoms with Crippen molar-refractivity contribution in [1.82, 2.24) is 15.3 Å². The van der Waals surface area contributed by atoms with Crippen molar-refractivity contribution in [3.8, 4) is 0 Å². The van der Waals surface area contributed by atoms with Gasteiger partial charge in [-0.15, -0.1) is 11.3 Å². The Morgan fingerprint density at radius 1 is 1.40 bits per heavy atom. The van der Waals surface area contributed by atoms with Crippen LogP contribution in [-0.4, -0.2) is 22.9 Å². The van der Waals surface area contributed by atoms with E-state index in [1.165, 1.54) is 0 Å². The standard InChI is InChI=1S/C14H18N4OS/c1-8-13(20-10(3)17-8)9(2)18-14(19)11-5-6-16-7-12(11)15-4/h5-7,9,15H,1-4H3,(H,18,19). The Morgan fingerprint density at radius 3 is 2.75 bits per heavy atom. The third-order valence-corrected chi connectivity index (χ3v) is 4.27. The predicted octanol–water partition coefficient (Wildman–Crippen LogP) is 2.69. The van der Waals surface area contributed by atoms with Crippen LogP contribution in [-0.2, 0) is 0 Å². The van der Waals surface area contributed by atoms with Crippen LogP contribution in [0.3, 0.4) is 0 Å². The lowest BCUT2D eigenvalue weighted by molar-refractivity contribution is 0.0941. The third-order valence-electron chi connectivity index (χ3n) is 3.02. The molecule has 0 spiro atoms. The Morgan fingerprint density at radius 2 is 2.15 bits per heavy atom. The summed E-state index contributed by atoms with van der Waals surface area (Å²) >= 11 is 1.62. The van der Waals surface area contributed by atoms with Crippen LogP contribution >= 0.6 is 11.3 Å². The number of carbonyl (C=O) groups is 1. The minimum absolute atomic E-state index is 0.0634. The van der Waals surface area contributed by atoms with Crippen LogP contribution < -0.4 is 10.6 Å². The van der Waals surface area contributed by atoms with Crippen molar-refractivity contribution in [3.63, 3.8) is 0 Å². The minimum atomic E-state index is -0.116. The van der Waals surface area contributed by atoms with Crippen molar-refractivity contribution in [1.29, 1.82) is 0 Å². The van der Waals surface area contributed by atoms with Gasteiger partial charge in [-0.1, -0.05) is 0 Å². The molecule has 2 heterocycles. The van der Waals surface area contributed by atoms with Gasteiger partial charge in [0.2, 0.25) is 0 Å². The van der Waals surface area contributed by atoms with Gasteiger partial charge in [-0.25, -0.2) is 4.98 Å². The first-order valence-corrected chi connectivity index (χ1v) is 7.21. The quantitative estimate of drug-likeness (QED) is 0.908. The molecule has 1 amide bonds. The first-order chi connectivity index (χ1) is 9.52. The summed E-state index contributed by atoms with van der Waals surface area (Å²) in [6.07, 6.45) is 3.25. The topological polar surface area (TPSA) is 66.9 Å². The zero-order chi connectivity index (χ0) is 14.7. The number of aromatic nitrogens is 2. The van der Waals surface area contributed by atoms with Crippen LogP contribution in [0.1, 0.15) is 38.9 Å². The molecule has 2 N–H and O–H groups in total. The monoisotopic (exact) mass is 290 g/mol. The van der Waals surface area contributed by atoms with Crippen molar-refractivity contribution in [2.45, 2.75) is 26.8 Å². The largest absolute Gasteiger partial charge is 0.386 e. The summed E-state index contributed by atoms with van der Waals surface area (Å²) in [7, 11) is 1.77. The summed E-state index contributed by atoms with van der Waals surface area (Å²) in [5.41, 5.74) is 2.28. The number of rotatable bonds is 4. The molecular weight excluding hydrogens is 272 g/mol. The molecule has 0 aromatic carbocycles. The Kier molecular flexibility index (Phi) is 4.34. The fourth-order valence-corrected chi connectivity index (χ4v) is 3.01. The second kappa shape index (κ2) is 6.00. The first-order valence-electron chi connectivity index (χ1n) is 6.39. The SMILES string of the molecule is CNc1cnccc1C(=O)NC(C)c1sc(C)nc1C. The molecule has 6 heteroatoms. The van der Waals surface area contributed by atoms with Crippen molar-refractivity contribution in [2.24, 2.45) is 0 Å². The summed E-state index contributed by atoms with van der Waals surface area (Å²) in [5.74, 6) is -0.116. The molecular formula is C14H18N4OS. The van der Waals surface area contributed by atoms with Gasteiger partial charge >= 0.3 is 0 Å². The average molecular weight is 290 g/mol. The number of hydrogen-bond donors (Lipinski definition) is 2. The lowest BCUT2D eigenvalue weighted by Crippen LogP contribution is -2.27. The molecule has 0 saturated heterocycles. The number of nitrogens with zero attached hydrogens (tertiary/aromatic N) is 2. The van der Waals surface area contributed by atoms with E-state index in [2.05, 4.69) is 20.6 Å². The summed E-state index contributed by atoms with van der Waals surface area (Å²) in [4.78, 5) is 21.8. The van der Waals surface area contributed by atoms with Crippen LogP contribution in [0.25, 0.3) is 0 Å². The van der Waals surface area contributed by atoms with Crippen molar-refractivity contribution in [2.75, 3.05) is 12.4 Å². The van der Waals surface area contributed by atoms with Gasteiger partial charge in [0, 0.05) is 18.1 Å². The lowest BCUT2D eigenvalue weighted by Gasteiger charge is -2.14. The highest BCUT2D eigenvalue weighted by molar-refractivity contribution is 7.11. The minimum Gasteiger partial charge on any atom is -0.386 e. The van der Waals surface area contributed by atoms with Crippen LogP contribution in [0.4, 0.5) is 5.69 Å². The van der Waals surface area contributed by atoms with Crippen molar-refractivity contribution < 1.29 is 4.79 Å². The van der Waals surface area contributed by atoms with Gasteiger partial charge in [-0.2, -0.15) is 0 Å². The molecule has 0 aliphatic carbocycles. The number of amides is 1. The van der Waals surface area contributed by atoms with Gasteiger partial charge in [0.25, 0.3) is 5.91 Å². The molecule has 0 radical (unpaired) electrons. The molecule has 0 aliphatic rings. The summed E-state index contributed by atoms with van der Waals surface area (Å²) in [5, 5.41) is 6.99. The number of thiazole rings is 1. The van der Waals surface area contributed by atoms with Crippen LogP contribution in [0.15, 0.2) is 18.5 Å². The number of hydrogen-bond acceptors (Lipinski definition) is 5. The molecule has 1 unspecified atom stereocenters. The van der Waals surface area contributed by atoms with Gasteiger partial charge in [0.15, 0.2) is 0 Å². The number of carbonyl (C=O) groups excluding carboxylic acids is 1. The van der Waals surface area contributed by atoms with Gasteiger partial charge < -0.3 is 10.6 Å². The van der Waals surface area contributed by atoms with Gasteiger partial charge in [-0.3, -0.25) is 9.78 Å². The molecule has 2 aromatic rings. The maximum absolute atomic E-state index is 12.3. The Labute approximate surface area is 122 Å². The maximum atomic E-state index is 12.3. The lowest BCUT2D eigenvalue weighted by atomic mass is 10.2. The van der Waals surface area contributed by atoms with Gasteiger partial charge in [-0.05, 0) is 26.8 Å². The second-order valence-corrected chi connectivity index (χ2v) is 5.78. The first kappa shape index (κ1) is 14.5. The van der Waals surface area contributed by atoms with E-state index in [1.54, 1.807) is 36.8 Å².